The van der Waals surface area contributed by atoms with Crippen LogP contribution in [0.25, 0.3) is 23.1 Å². The van der Waals surface area contributed by atoms with Crippen molar-refractivity contribution in [2.45, 2.75) is 0 Å². The molecule has 0 fully saturated rings. The van der Waals surface area contributed by atoms with Gasteiger partial charge in [0.15, 0.2) is 18.1 Å². The van der Waals surface area contributed by atoms with Gasteiger partial charge in [-0.3, -0.25) is 4.79 Å². The average molecular weight is 461 g/mol. The Morgan fingerprint density at radius 1 is 1.03 bits per heavy atom. The van der Waals surface area contributed by atoms with E-state index in [1.807, 2.05) is 36.4 Å². The first-order chi connectivity index (χ1) is 16.0. The van der Waals surface area contributed by atoms with E-state index < -0.39 is 0 Å². The number of rotatable bonds is 7. The first kappa shape index (κ1) is 22.2. The number of nitrogens with one attached hydrogen (secondary N) is 1. The molecule has 1 heterocycles. The van der Waals surface area contributed by atoms with E-state index in [-0.39, 0.29) is 18.3 Å². The van der Waals surface area contributed by atoms with Crippen LogP contribution in [0.3, 0.4) is 0 Å². The van der Waals surface area contributed by atoms with Gasteiger partial charge >= 0.3 is 0 Å². The Labute approximate surface area is 196 Å². The van der Waals surface area contributed by atoms with Crippen molar-refractivity contribution in [1.29, 1.82) is 0 Å². The van der Waals surface area contributed by atoms with Gasteiger partial charge in [-0.05, 0) is 48.0 Å². The van der Waals surface area contributed by atoms with E-state index in [0.717, 1.165) is 10.9 Å². The number of benzene rings is 3. The van der Waals surface area contributed by atoms with Gasteiger partial charge in [0.2, 0.25) is 0 Å². The summed E-state index contributed by atoms with van der Waals surface area (Å²) in [6.07, 6.45) is 3.72. The number of fused-ring (bicyclic) bond motifs is 1. The molecule has 0 saturated carbocycles. The number of para-hydroxylation sites is 2. The van der Waals surface area contributed by atoms with Crippen LogP contribution < -0.4 is 14.8 Å². The number of methoxy groups -OCH3 is 1. The van der Waals surface area contributed by atoms with Crippen LogP contribution in [-0.4, -0.2) is 29.7 Å². The van der Waals surface area contributed by atoms with Crippen molar-refractivity contribution >= 4 is 46.3 Å². The minimum atomic E-state index is -0.334. The molecule has 7 heteroatoms. The molecule has 0 bridgehead atoms. The third kappa shape index (κ3) is 5.42. The predicted octanol–water partition coefficient (Wildman–Crippen LogP) is 5.79. The molecule has 0 radical (unpaired) electrons. The SMILES string of the molecule is COc1cc(C=Cc2ccc3cccc(O)c3n2)ccc1OCC(=O)Nc1ccccc1Cl. The Morgan fingerprint density at radius 2 is 1.88 bits per heavy atom. The highest BCUT2D eigenvalue weighted by molar-refractivity contribution is 6.33. The van der Waals surface area contributed by atoms with Crippen molar-refractivity contribution in [3.63, 3.8) is 0 Å². The molecule has 33 heavy (non-hydrogen) atoms. The summed E-state index contributed by atoms with van der Waals surface area (Å²) in [4.78, 5) is 16.7. The van der Waals surface area contributed by atoms with E-state index in [2.05, 4.69) is 10.3 Å². The van der Waals surface area contributed by atoms with Gasteiger partial charge in [0.25, 0.3) is 5.91 Å². The number of amides is 1. The van der Waals surface area contributed by atoms with E-state index >= 15 is 0 Å². The summed E-state index contributed by atoms with van der Waals surface area (Å²) in [7, 11) is 1.53. The van der Waals surface area contributed by atoms with Crippen LogP contribution in [0.15, 0.2) is 72.8 Å². The summed E-state index contributed by atoms with van der Waals surface area (Å²) in [5.41, 5.74) is 2.64. The lowest BCUT2D eigenvalue weighted by atomic mass is 10.1. The molecule has 0 aliphatic carbocycles. The molecule has 6 nitrogen and oxygen atoms in total. The third-order valence-electron chi connectivity index (χ3n) is 4.86. The maximum Gasteiger partial charge on any atom is 0.262 e. The van der Waals surface area contributed by atoms with Gasteiger partial charge in [0.1, 0.15) is 11.3 Å². The zero-order chi connectivity index (χ0) is 23.2. The minimum Gasteiger partial charge on any atom is -0.506 e. The molecular weight excluding hydrogens is 440 g/mol. The van der Waals surface area contributed by atoms with Crippen LogP contribution in [0.5, 0.6) is 17.2 Å². The van der Waals surface area contributed by atoms with Crippen molar-refractivity contribution in [3.8, 4) is 17.2 Å². The molecule has 0 aliphatic rings. The topological polar surface area (TPSA) is 80.7 Å². The Morgan fingerprint density at radius 3 is 2.70 bits per heavy atom. The number of aromatic hydroxyl groups is 1. The summed E-state index contributed by atoms with van der Waals surface area (Å²) in [5.74, 6) is 0.744. The van der Waals surface area contributed by atoms with Crippen LogP contribution in [0.4, 0.5) is 5.69 Å². The van der Waals surface area contributed by atoms with Crippen LogP contribution in [0.2, 0.25) is 5.02 Å². The first-order valence-corrected chi connectivity index (χ1v) is 10.5. The van der Waals surface area contributed by atoms with Crippen LogP contribution >= 0.6 is 11.6 Å². The molecule has 166 valence electrons. The summed E-state index contributed by atoms with van der Waals surface area (Å²) in [5, 5.41) is 14.0. The lowest BCUT2D eigenvalue weighted by molar-refractivity contribution is -0.118. The van der Waals surface area contributed by atoms with E-state index in [9.17, 15) is 9.90 Å². The fourth-order valence-corrected chi connectivity index (χ4v) is 3.40. The molecule has 0 saturated heterocycles. The Kier molecular flexibility index (Phi) is 6.76. The summed E-state index contributed by atoms with van der Waals surface area (Å²) >= 11 is 6.06. The van der Waals surface area contributed by atoms with Crippen molar-refractivity contribution in [2.24, 2.45) is 0 Å². The lowest BCUT2D eigenvalue weighted by Crippen LogP contribution is -2.20. The fraction of sp³-hybridized carbons (Fsp3) is 0.0769. The van der Waals surface area contributed by atoms with E-state index in [4.69, 9.17) is 21.1 Å². The van der Waals surface area contributed by atoms with Crippen molar-refractivity contribution in [3.05, 3.63) is 89.1 Å². The number of aromatic nitrogens is 1. The number of nitrogens with zero attached hydrogens (tertiary/aromatic N) is 1. The summed E-state index contributed by atoms with van der Waals surface area (Å²) in [6.45, 7) is -0.193. The van der Waals surface area contributed by atoms with E-state index in [1.54, 1.807) is 48.5 Å². The molecule has 2 N–H and O–H groups in total. The minimum absolute atomic E-state index is 0.143. The summed E-state index contributed by atoms with van der Waals surface area (Å²) < 4.78 is 11.1. The first-order valence-electron chi connectivity index (χ1n) is 10.2. The Hall–Kier alpha value is -4.03. The number of phenols is 1. The van der Waals surface area contributed by atoms with Gasteiger partial charge < -0.3 is 19.9 Å². The van der Waals surface area contributed by atoms with E-state index in [0.29, 0.717) is 33.4 Å². The predicted molar refractivity (Wildman–Crippen MR) is 131 cm³/mol. The molecule has 0 unspecified atom stereocenters. The number of hydrogen-bond donors (Lipinski definition) is 2. The molecule has 4 aromatic rings. The number of pyridine rings is 1. The third-order valence-corrected chi connectivity index (χ3v) is 5.19. The second-order valence-corrected chi connectivity index (χ2v) is 7.55. The maximum absolute atomic E-state index is 12.2. The van der Waals surface area contributed by atoms with Gasteiger partial charge in [-0.25, -0.2) is 4.98 Å². The van der Waals surface area contributed by atoms with Crippen molar-refractivity contribution < 1.29 is 19.4 Å². The van der Waals surface area contributed by atoms with Crippen LogP contribution in [0.1, 0.15) is 11.3 Å². The van der Waals surface area contributed by atoms with Gasteiger partial charge in [-0.2, -0.15) is 0 Å². The second-order valence-electron chi connectivity index (χ2n) is 7.15. The van der Waals surface area contributed by atoms with Crippen molar-refractivity contribution in [2.75, 3.05) is 19.0 Å². The molecule has 0 spiro atoms. The highest BCUT2D eigenvalue weighted by Gasteiger charge is 2.10. The number of anilines is 1. The highest BCUT2D eigenvalue weighted by Crippen LogP contribution is 2.29. The number of phenolic OH excluding ortho intramolecular Hbond substituents is 1. The van der Waals surface area contributed by atoms with Gasteiger partial charge in [0, 0.05) is 5.39 Å². The van der Waals surface area contributed by atoms with Crippen molar-refractivity contribution in [1.82, 2.24) is 4.98 Å². The average Bonchev–Trinajstić information content (AvgIpc) is 2.83. The Bertz CT molecular complexity index is 1340. The monoisotopic (exact) mass is 460 g/mol. The lowest BCUT2D eigenvalue weighted by Gasteiger charge is -2.12. The van der Waals surface area contributed by atoms with Crippen LogP contribution in [-0.2, 0) is 4.79 Å². The van der Waals surface area contributed by atoms with Gasteiger partial charge in [-0.15, -0.1) is 0 Å². The van der Waals surface area contributed by atoms with E-state index in [1.165, 1.54) is 7.11 Å². The standard InChI is InChI=1S/C26H21ClN2O4/c1-32-24-15-17(9-12-19-13-11-18-5-4-8-22(30)26(18)28-19)10-14-23(24)33-16-25(31)29-21-7-3-2-6-20(21)27/h2-15,30H,16H2,1H3,(H,29,31). The van der Waals surface area contributed by atoms with Gasteiger partial charge in [-0.1, -0.05) is 54.1 Å². The highest BCUT2D eigenvalue weighted by atomic mass is 35.5. The molecule has 0 aliphatic heterocycles. The van der Waals surface area contributed by atoms with Gasteiger partial charge in [0.05, 0.1) is 23.5 Å². The molecule has 1 amide bonds. The second kappa shape index (κ2) is 10.1. The molecule has 3 aromatic carbocycles. The Balaban J connectivity index is 1.44. The number of hydrogen-bond acceptors (Lipinski definition) is 5. The molecule has 0 atom stereocenters. The number of carbonyl (C=O) groups is 1. The number of halogens is 1. The largest absolute Gasteiger partial charge is 0.506 e. The van der Waals surface area contributed by atoms with Crippen LogP contribution in [0, 0.1) is 0 Å². The number of ether oxygens (including phenoxy) is 2. The summed E-state index contributed by atoms with van der Waals surface area (Å²) in [6, 6.07) is 21.5. The molecule has 4 rings (SSSR count). The normalized spacial score (nSPS) is 11.0. The fourth-order valence-electron chi connectivity index (χ4n) is 3.22. The zero-order valence-electron chi connectivity index (χ0n) is 17.8. The molecular formula is C26H21ClN2O4. The number of carbonyl (C=O) groups excluding carboxylic acids is 1. The quantitative estimate of drug-likeness (QED) is 0.365. The smallest absolute Gasteiger partial charge is 0.262 e. The maximum atomic E-state index is 12.2. The zero-order valence-corrected chi connectivity index (χ0v) is 18.5. The molecule has 1 aromatic heterocycles.